The fourth-order valence-corrected chi connectivity index (χ4v) is 7.14. The monoisotopic (exact) mass is 725 g/mol. The van der Waals surface area contributed by atoms with Gasteiger partial charge >= 0.3 is 0 Å². The third-order valence-corrected chi connectivity index (χ3v) is 10.00. The fraction of sp³-hybridized carbons (Fsp3) is 0.238. The van der Waals surface area contributed by atoms with Crippen molar-refractivity contribution in [3.8, 4) is 28.7 Å². The number of anilines is 1. The number of fused-ring (bicyclic) bond motifs is 4. The third-order valence-electron chi connectivity index (χ3n) is 10.00. The number of benzene rings is 4. The Labute approximate surface area is 312 Å². The second-order valence-electron chi connectivity index (χ2n) is 13.2. The Morgan fingerprint density at radius 2 is 1.19 bits per heavy atom. The number of hydrogen-bond acceptors (Lipinski definition) is 10. The van der Waals surface area contributed by atoms with Gasteiger partial charge in [0, 0.05) is 55.3 Å². The quantitative estimate of drug-likeness (QED) is 0.139. The van der Waals surface area contributed by atoms with Gasteiger partial charge in [-0.1, -0.05) is 42.5 Å². The van der Waals surface area contributed by atoms with Gasteiger partial charge in [-0.25, -0.2) is 0 Å². The van der Waals surface area contributed by atoms with Gasteiger partial charge < -0.3 is 39.2 Å². The van der Waals surface area contributed by atoms with E-state index < -0.39 is 0 Å². The zero-order chi connectivity index (χ0) is 37.3. The van der Waals surface area contributed by atoms with Gasteiger partial charge in [-0.2, -0.15) is 0 Å². The molecule has 8 rings (SSSR count). The molecule has 0 saturated carbocycles. The molecule has 2 amide bonds. The molecule has 0 aliphatic carbocycles. The molecule has 2 atom stereocenters. The lowest BCUT2D eigenvalue weighted by Crippen LogP contribution is -2.36. The molecular weight excluding hydrogens is 686 g/mol. The van der Waals surface area contributed by atoms with E-state index in [-0.39, 0.29) is 23.9 Å². The van der Waals surface area contributed by atoms with Crippen LogP contribution in [0, 0.1) is 0 Å². The first-order chi connectivity index (χ1) is 26.3. The van der Waals surface area contributed by atoms with Crippen molar-refractivity contribution < 1.29 is 33.3 Å². The number of amides is 2. The van der Waals surface area contributed by atoms with Crippen molar-refractivity contribution in [2.45, 2.75) is 18.5 Å². The van der Waals surface area contributed by atoms with E-state index in [1.807, 2.05) is 54.6 Å². The number of nitrogens with zero attached hydrogens (tertiary/aromatic N) is 4. The second kappa shape index (κ2) is 14.5. The van der Waals surface area contributed by atoms with Crippen LogP contribution < -0.4 is 29.4 Å². The Morgan fingerprint density at radius 1 is 0.648 bits per heavy atom. The number of ether oxygens (including phenoxy) is 5. The van der Waals surface area contributed by atoms with Crippen molar-refractivity contribution in [2.75, 3.05) is 53.4 Å². The molecule has 4 heterocycles. The van der Waals surface area contributed by atoms with Gasteiger partial charge in [0.15, 0.2) is 23.0 Å². The van der Waals surface area contributed by atoms with Gasteiger partial charge in [-0.3, -0.25) is 19.6 Å². The van der Waals surface area contributed by atoms with Gasteiger partial charge in [0.1, 0.15) is 5.75 Å². The normalized spacial score (nSPS) is 18.1. The largest absolute Gasteiger partial charge is 0.497 e. The Hall–Kier alpha value is -6.56. The molecule has 4 aliphatic rings. The minimum absolute atomic E-state index is 0.134. The van der Waals surface area contributed by atoms with Crippen LogP contribution in [-0.2, 0) is 0 Å². The number of carbonyl (C=O) groups excluding carboxylic acids is 2. The lowest BCUT2D eigenvalue weighted by molar-refractivity contribution is 0.0777. The average Bonchev–Trinajstić information content (AvgIpc) is 3.77. The maximum atomic E-state index is 13.7. The summed E-state index contributed by atoms with van der Waals surface area (Å²) >= 11 is 0. The van der Waals surface area contributed by atoms with E-state index in [0.29, 0.717) is 83.9 Å². The highest BCUT2D eigenvalue weighted by molar-refractivity contribution is 6.07. The zero-order valence-electron chi connectivity index (χ0n) is 30.2. The average molecular weight is 726 g/mol. The molecule has 4 aromatic rings. The van der Waals surface area contributed by atoms with Gasteiger partial charge in [0.05, 0.1) is 69.1 Å². The smallest absolute Gasteiger partial charge is 0.257 e. The molecule has 4 aliphatic heterocycles. The predicted octanol–water partition coefficient (Wildman–Crippen LogP) is 6.39. The second-order valence-corrected chi connectivity index (χ2v) is 13.2. The molecular formula is C42H39N5O7. The molecule has 0 aromatic heterocycles. The lowest BCUT2D eigenvalue weighted by atomic mass is 10.0. The maximum Gasteiger partial charge on any atom is 0.257 e. The van der Waals surface area contributed by atoms with E-state index >= 15 is 0 Å². The van der Waals surface area contributed by atoms with Crippen LogP contribution in [0.2, 0.25) is 0 Å². The summed E-state index contributed by atoms with van der Waals surface area (Å²) in [6, 6.07) is 21.7. The molecule has 0 saturated heterocycles. The van der Waals surface area contributed by atoms with E-state index in [1.54, 1.807) is 60.7 Å². The van der Waals surface area contributed by atoms with Crippen LogP contribution in [0.1, 0.15) is 38.3 Å². The van der Waals surface area contributed by atoms with Crippen LogP contribution in [0.5, 0.6) is 28.7 Å². The number of nitrogen functional groups attached to an aromatic ring is 1. The fourth-order valence-electron chi connectivity index (χ4n) is 7.14. The van der Waals surface area contributed by atoms with Gasteiger partial charge in [-0.15, -0.1) is 0 Å². The number of aliphatic imine (C=N–C) groups is 2. The Bertz CT molecular complexity index is 2260. The van der Waals surface area contributed by atoms with E-state index in [2.05, 4.69) is 16.1 Å². The maximum absolute atomic E-state index is 13.7. The van der Waals surface area contributed by atoms with Crippen molar-refractivity contribution in [3.63, 3.8) is 0 Å². The van der Waals surface area contributed by atoms with Crippen LogP contribution in [-0.4, -0.2) is 93.8 Å². The molecule has 274 valence electrons. The Balaban J connectivity index is 0.916. The standard InChI is InChI=1S/C42H39N5O7/c1-50-30-11-9-25(10-12-30)26-15-28-21-44-35-19-39(37(51-2)17-32(35)41(48)46(28)23-26)53-13-6-14-54-40-20-36-33(18-38(40)52-3)42(49)47-24-27(16-29(47)22-45-36)31-7-4-5-8-34(31)43/h4-5,7-12,15-22,28-29H,6,13-14,23-24,43H2,1-3H3/t28-,29-/m0/s1. The molecule has 4 aromatic carbocycles. The van der Waals surface area contributed by atoms with Gasteiger partial charge in [-0.05, 0) is 47.0 Å². The predicted molar refractivity (Wildman–Crippen MR) is 207 cm³/mol. The molecule has 2 N–H and O–H groups in total. The summed E-state index contributed by atoms with van der Waals surface area (Å²) in [6.07, 6.45) is 8.16. The van der Waals surface area contributed by atoms with Crippen LogP contribution >= 0.6 is 0 Å². The third kappa shape index (κ3) is 6.40. The number of nitrogens with two attached hydrogens (primary N) is 1. The summed E-state index contributed by atoms with van der Waals surface area (Å²) < 4.78 is 28.8. The molecule has 12 heteroatoms. The molecule has 0 spiro atoms. The summed E-state index contributed by atoms with van der Waals surface area (Å²) in [6.45, 7) is 1.48. The summed E-state index contributed by atoms with van der Waals surface area (Å²) in [7, 11) is 4.72. The molecule has 12 nitrogen and oxygen atoms in total. The number of hydrogen-bond donors (Lipinski definition) is 1. The molecule has 0 fully saturated rings. The van der Waals surface area contributed by atoms with Crippen LogP contribution in [0.25, 0.3) is 11.1 Å². The van der Waals surface area contributed by atoms with Crippen LogP contribution in [0.3, 0.4) is 0 Å². The SMILES string of the molecule is COc1ccc(C2=C[C@H]3C=Nc4cc(OCCCOc5cc6c(cc5OC)C(=O)N5CC(c7ccccc7N)=C[C@H]5C=N6)c(OC)cc4C(=O)N3C2)cc1. The summed E-state index contributed by atoms with van der Waals surface area (Å²) in [5.74, 6) is 2.30. The van der Waals surface area contributed by atoms with Gasteiger partial charge in [0.25, 0.3) is 11.8 Å². The summed E-state index contributed by atoms with van der Waals surface area (Å²) in [5, 5.41) is 0. The molecule has 54 heavy (non-hydrogen) atoms. The molecule has 0 unspecified atom stereocenters. The van der Waals surface area contributed by atoms with E-state index in [1.165, 1.54) is 7.11 Å². The Kier molecular flexibility index (Phi) is 9.24. The minimum Gasteiger partial charge on any atom is -0.497 e. The first-order valence-electron chi connectivity index (χ1n) is 17.7. The van der Waals surface area contributed by atoms with E-state index in [0.717, 1.165) is 28.0 Å². The van der Waals surface area contributed by atoms with Crippen molar-refractivity contribution in [2.24, 2.45) is 9.98 Å². The minimum atomic E-state index is -0.298. The first kappa shape index (κ1) is 34.5. The zero-order valence-corrected chi connectivity index (χ0v) is 30.2. The van der Waals surface area contributed by atoms with Crippen molar-refractivity contribution in [1.82, 2.24) is 9.80 Å². The van der Waals surface area contributed by atoms with Gasteiger partial charge in [0.2, 0.25) is 0 Å². The summed E-state index contributed by atoms with van der Waals surface area (Å²) in [5.41, 5.74) is 12.8. The van der Waals surface area contributed by atoms with Crippen molar-refractivity contribution in [3.05, 3.63) is 107 Å². The highest BCUT2D eigenvalue weighted by Crippen LogP contribution is 2.41. The van der Waals surface area contributed by atoms with Crippen molar-refractivity contribution >= 4 is 52.5 Å². The number of rotatable bonds is 11. The van der Waals surface area contributed by atoms with Crippen LogP contribution in [0.4, 0.5) is 17.1 Å². The Morgan fingerprint density at radius 3 is 1.72 bits per heavy atom. The van der Waals surface area contributed by atoms with Crippen LogP contribution in [0.15, 0.2) is 94.9 Å². The number of para-hydroxylation sites is 1. The highest BCUT2D eigenvalue weighted by Gasteiger charge is 2.35. The number of carbonyl (C=O) groups is 2. The number of methoxy groups -OCH3 is 3. The lowest BCUT2D eigenvalue weighted by Gasteiger charge is -2.21. The van der Waals surface area contributed by atoms with E-state index in [9.17, 15) is 9.59 Å². The van der Waals surface area contributed by atoms with Crippen molar-refractivity contribution in [1.29, 1.82) is 0 Å². The molecule has 0 bridgehead atoms. The topological polar surface area (TPSA) is 138 Å². The highest BCUT2D eigenvalue weighted by atomic mass is 16.5. The summed E-state index contributed by atoms with van der Waals surface area (Å²) in [4.78, 5) is 40.4. The molecule has 0 radical (unpaired) electrons. The first-order valence-corrected chi connectivity index (χ1v) is 17.7. The van der Waals surface area contributed by atoms with E-state index in [4.69, 9.17) is 29.4 Å².